The number of aliphatic hydroxyl groups is 1. The summed E-state index contributed by atoms with van der Waals surface area (Å²) in [5, 5.41) is 13.1. The van der Waals surface area contributed by atoms with Crippen molar-refractivity contribution >= 4 is 5.91 Å². The Morgan fingerprint density at radius 3 is 2.59 bits per heavy atom. The molecular formula is C21H25FN2O3. The van der Waals surface area contributed by atoms with Gasteiger partial charge in [-0.2, -0.15) is 0 Å². The molecule has 0 spiro atoms. The number of aliphatic hydroxyl groups excluding tert-OH is 1. The van der Waals surface area contributed by atoms with Crippen molar-refractivity contribution in [1.82, 2.24) is 10.2 Å². The van der Waals surface area contributed by atoms with Gasteiger partial charge in [-0.1, -0.05) is 30.3 Å². The van der Waals surface area contributed by atoms with Crippen LogP contribution < -0.4 is 10.1 Å². The van der Waals surface area contributed by atoms with Gasteiger partial charge in [0.2, 0.25) is 5.91 Å². The number of nitrogens with zero attached hydrogens (tertiary/aromatic N) is 1. The zero-order chi connectivity index (χ0) is 19.4. The third-order valence-electron chi connectivity index (χ3n) is 5.03. The van der Waals surface area contributed by atoms with Gasteiger partial charge < -0.3 is 14.7 Å². The predicted molar refractivity (Wildman–Crippen MR) is 101 cm³/mol. The van der Waals surface area contributed by atoms with Crippen molar-refractivity contribution in [2.75, 3.05) is 20.7 Å². The lowest BCUT2D eigenvalue weighted by atomic mass is 9.97. The molecule has 1 saturated heterocycles. The van der Waals surface area contributed by atoms with E-state index in [-0.39, 0.29) is 31.0 Å². The van der Waals surface area contributed by atoms with Gasteiger partial charge in [-0.05, 0) is 36.6 Å². The Bertz CT molecular complexity index is 794. The number of hydrogen-bond donors (Lipinski definition) is 2. The lowest BCUT2D eigenvalue weighted by Crippen LogP contribution is -2.56. The van der Waals surface area contributed by atoms with Gasteiger partial charge in [-0.15, -0.1) is 0 Å². The molecule has 1 aliphatic heterocycles. The van der Waals surface area contributed by atoms with Crippen molar-refractivity contribution in [3.05, 3.63) is 65.5 Å². The molecule has 2 aromatic rings. The number of ether oxygens (including phenoxy) is 1. The number of halogens is 1. The first-order chi connectivity index (χ1) is 12.9. The molecule has 2 aromatic carbocycles. The fourth-order valence-electron chi connectivity index (χ4n) is 3.48. The van der Waals surface area contributed by atoms with Crippen LogP contribution in [0.25, 0.3) is 0 Å². The van der Waals surface area contributed by atoms with Gasteiger partial charge in [0.25, 0.3) is 0 Å². The van der Waals surface area contributed by atoms with Gasteiger partial charge in [0, 0.05) is 25.7 Å². The summed E-state index contributed by atoms with van der Waals surface area (Å²) in [7, 11) is 3.38. The molecule has 1 aliphatic rings. The molecule has 1 fully saturated rings. The number of likely N-dealkylation sites (N-methyl/N-ethyl adjacent to an activating group) is 1. The second kappa shape index (κ2) is 8.06. The molecule has 6 heteroatoms. The topological polar surface area (TPSA) is 61.8 Å². The van der Waals surface area contributed by atoms with Crippen molar-refractivity contribution in [1.29, 1.82) is 0 Å². The maximum atomic E-state index is 13.6. The van der Waals surface area contributed by atoms with E-state index >= 15 is 0 Å². The Labute approximate surface area is 158 Å². The smallest absolute Gasteiger partial charge is 0.244 e. The first-order valence-electron chi connectivity index (χ1n) is 9.02. The SMILES string of the molecule is CN(C)C(=O)C1(CO)CC[C@H](c2ccc(OCc3ccccc3F)cc2)N1. The van der Waals surface area contributed by atoms with Crippen LogP contribution in [0.15, 0.2) is 48.5 Å². The summed E-state index contributed by atoms with van der Waals surface area (Å²) >= 11 is 0. The van der Waals surface area contributed by atoms with E-state index in [2.05, 4.69) is 5.32 Å². The Kier molecular flexibility index (Phi) is 5.77. The molecule has 0 aliphatic carbocycles. The minimum atomic E-state index is -0.922. The molecule has 1 amide bonds. The van der Waals surface area contributed by atoms with Crippen LogP contribution in [0.4, 0.5) is 4.39 Å². The van der Waals surface area contributed by atoms with Crippen LogP contribution in [-0.2, 0) is 11.4 Å². The zero-order valence-corrected chi connectivity index (χ0v) is 15.6. The highest BCUT2D eigenvalue weighted by Gasteiger charge is 2.45. The van der Waals surface area contributed by atoms with Crippen molar-refractivity contribution in [3.63, 3.8) is 0 Å². The molecule has 1 unspecified atom stereocenters. The van der Waals surface area contributed by atoms with E-state index in [1.807, 2.05) is 24.3 Å². The van der Waals surface area contributed by atoms with Crippen LogP contribution in [-0.4, -0.2) is 42.2 Å². The van der Waals surface area contributed by atoms with Crippen molar-refractivity contribution in [3.8, 4) is 5.75 Å². The Hall–Kier alpha value is -2.44. The molecule has 27 heavy (non-hydrogen) atoms. The molecule has 5 nitrogen and oxygen atoms in total. The third-order valence-corrected chi connectivity index (χ3v) is 5.03. The molecule has 0 radical (unpaired) electrons. The van der Waals surface area contributed by atoms with Gasteiger partial charge in [-0.25, -0.2) is 4.39 Å². The average molecular weight is 372 g/mol. The van der Waals surface area contributed by atoms with Crippen LogP contribution in [0.5, 0.6) is 5.75 Å². The molecule has 144 valence electrons. The molecule has 0 bridgehead atoms. The molecular weight excluding hydrogens is 347 g/mol. The van der Waals surface area contributed by atoms with Gasteiger partial charge >= 0.3 is 0 Å². The first-order valence-corrected chi connectivity index (χ1v) is 9.02. The second-order valence-electron chi connectivity index (χ2n) is 7.12. The number of hydrogen-bond acceptors (Lipinski definition) is 4. The van der Waals surface area contributed by atoms with Crippen LogP contribution in [0, 0.1) is 5.82 Å². The molecule has 2 atom stereocenters. The highest BCUT2D eigenvalue weighted by atomic mass is 19.1. The summed E-state index contributed by atoms with van der Waals surface area (Å²) in [6.07, 6.45) is 1.34. The van der Waals surface area contributed by atoms with E-state index in [9.17, 15) is 14.3 Å². The maximum Gasteiger partial charge on any atom is 0.244 e. The number of rotatable bonds is 6. The van der Waals surface area contributed by atoms with E-state index in [1.54, 1.807) is 32.3 Å². The Balaban J connectivity index is 1.64. The number of amides is 1. The fourth-order valence-corrected chi connectivity index (χ4v) is 3.48. The second-order valence-corrected chi connectivity index (χ2v) is 7.12. The van der Waals surface area contributed by atoms with Crippen LogP contribution in [0.1, 0.15) is 30.0 Å². The van der Waals surface area contributed by atoms with Crippen LogP contribution in [0.2, 0.25) is 0 Å². The largest absolute Gasteiger partial charge is 0.489 e. The summed E-state index contributed by atoms with van der Waals surface area (Å²) in [5.41, 5.74) is 0.609. The van der Waals surface area contributed by atoms with Crippen molar-refractivity contribution < 1.29 is 19.0 Å². The summed E-state index contributed by atoms with van der Waals surface area (Å²) in [6.45, 7) is -0.0665. The molecule has 2 N–H and O–H groups in total. The summed E-state index contributed by atoms with van der Waals surface area (Å²) < 4.78 is 19.3. The lowest BCUT2D eigenvalue weighted by molar-refractivity contribution is -0.137. The van der Waals surface area contributed by atoms with E-state index in [1.165, 1.54) is 11.0 Å². The van der Waals surface area contributed by atoms with Crippen LogP contribution >= 0.6 is 0 Å². The van der Waals surface area contributed by atoms with E-state index in [4.69, 9.17) is 4.74 Å². The Morgan fingerprint density at radius 2 is 1.96 bits per heavy atom. The molecule has 0 saturated carbocycles. The molecule has 1 heterocycles. The lowest BCUT2D eigenvalue weighted by Gasteiger charge is -2.30. The monoisotopic (exact) mass is 372 g/mol. The molecule has 3 rings (SSSR count). The fraction of sp³-hybridized carbons (Fsp3) is 0.381. The van der Waals surface area contributed by atoms with Gasteiger partial charge in [0.05, 0.1) is 6.61 Å². The van der Waals surface area contributed by atoms with Crippen molar-refractivity contribution in [2.45, 2.75) is 31.0 Å². The standard InChI is InChI=1S/C21H25FN2O3/c1-24(2)20(26)21(14-25)12-11-19(23-21)15-7-9-17(10-8-15)27-13-16-5-3-4-6-18(16)22/h3-10,19,23,25H,11-14H2,1-2H3/t19-,21?/m1/s1. The van der Waals surface area contributed by atoms with E-state index in [0.29, 0.717) is 17.7 Å². The highest BCUT2D eigenvalue weighted by molar-refractivity contribution is 5.86. The van der Waals surface area contributed by atoms with Crippen LogP contribution in [0.3, 0.4) is 0 Å². The average Bonchev–Trinajstić information content (AvgIpc) is 3.13. The maximum absolute atomic E-state index is 13.6. The normalized spacial score (nSPS) is 21.9. The van der Waals surface area contributed by atoms with Crippen molar-refractivity contribution in [2.24, 2.45) is 0 Å². The summed E-state index contributed by atoms with van der Waals surface area (Å²) in [5.74, 6) is 0.255. The quantitative estimate of drug-likeness (QED) is 0.818. The first kappa shape index (κ1) is 19.3. The van der Waals surface area contributed by atoms with Gasteiger partial charge in [-0.3, -0.25) is 10.1 Å². The number of benzene rings is 2. The van der Waals surface area contributed by atoms with E-state index in [0.717, 1.165) is 12.0 Å². The predicted octanol–water partition coefficient (Wildman–Crippen LogP) is 2.65. The number of carbonyl (C=O) groups is 1. The van der Waals surface area contributed by atoms with Gasteiger partial charge in [0.1, 0.15) is 23.7 Å². The number of carbonyl (C=O) groups excluding carboxylic acids is 1. The van der Waals surface area contributed by atoms with E-state index < -0.39 is 5.54 Å². The van der Waals surface area contributed by atoms with Gasteiger partial charge in [0.15, 0.2) is 0 Å². The Morgan fingerprint density at radius 1 is 1.26 bits per heavy atom. The summed E-state index contributed by atoms with van der Waals surface area (Å²) in [6, 6.07) is 14.1. The molecule has 0 aromatic heterocycles. The number of nitrogens with one attached hydrogen (secondary N) is 1. The minimum Gasteiger partial charge on any atom is -0.489 e. The minimum absolute atomic E-state index is 0.0123. The highest BCUT2D eigenvalue weighted by Crippen LogP contribution is 2.34. The third kappa shape index (κ3) is 4.12. The zero-order valence-electron chi connectivity index (χ0n) is 15.6. The summed E-state index contributed by atoms with van der Waals surface area (Å²) in [4.78, 5) is 13.9.